The predicted molar refractivity (Wildman–Crippen MR) is 108 cm³/mol. The molecule has 0 saturated carbocycles. The molecular formula is C20H22ClN3O2. The van der Waals surface area contributed by atoms with Gasteiger partial charge >= 0.3 is 0 Å². The maximum atomic E-state index is 11.4. The molecule has 1 rings (SSSR count). The Balaban J connectivity index is 2.50. The van der Waals surface area contributed by atoms with Gasteiger partial charge in [0.25, 0.3) is 0 Å². The van der Waals surface area contributed by atoms with Crippen LogP contribution in [0, 0.1) is 0 Å². The van der Waals surface area contributed by atoms with Crippen LogP contribution in [0.4, 0.5) is 0 Å². The molecule has 0 bridgehead atoms. The van der Waals surface area contributed by atoms with Gasteiger partial charge in [0.2, 0.25) is 5.91 Å². The Labute approximate surface area is 158 Å². The molecule has 0 aliphatic rings. The number of aldehydes is 1. The number of allylic oxidation sites excluding steroid dienone is 2. The van der Waals surface area contributed by atoms with Crippen LogP contribution < -0.4 is 5.73 Å². The van der Waals surface area contributed by atoms with Crippen molar-refractivity contribution >= 4 is 36.2 Å². The number of amides is 1. The van der Waals surface area contributed by atoms with E-state index in [1.165, 1.54) is 12.3 Å². The Morgan fingerprint density at radius 2 is 1.81 bits per heavy atom. The molecule has 6 heteroatoms. The number of nitrogens with two attached hydrogens (primary N) is 1. The van der Waals surface area contributed by atoms with Crippen LogP contribution in [0.3, 0.4) is 0 Å². The molecule has 0 radical (unpaired) electrons. The highest BCUT2D eigenvalue weighted by molar-refractivity contribution is 6.30. The maximum Gasteiger partial charge on any atom is 0.248 e. The summed E-state index contributed by atoms with van der Waals surface area (Å²) in [4.78, 5) is 29.8. The highest BCUT2D eigenvalue weighted by Gasteiger charge is 1.97. The second-order valence-corrected chi connectivity index (χ2v) is 5.69. The number of carbonyl (C=O) groups excluding carboxylic acids is 2. The molecule has 1 aromatic carbocycles. The summed E-state index contributed by atoms with van der Waals surface area (Å²) in [5, 5.41) is 0.669. The van der Waals surface area contributed by atoms with Crippen molar-refractivity contribution in [2.24, 2.45) is 15.7 Å². The van der Waals surface area contributed by atoms with E-state index in [2.05, 4.69) is 9.98 Å². The fourth-order valence-corrected chi connectivity index (χ4v) is 1.94. The number of carbonyl (C=O) groups is 2. The zero-order valence-corrected chi connectivity index (χ0v) is 15.2. The smallest absolute Gasteiger partial charge is 0.248 e. The number of unbranched alkanes of at least 4 members (excludes halogenated alkanes) is 3. The molecule has 1 aromatic rings. The first-order valence-corrected chi connectivity index (χ1v) is 8.58. The van der Waals surface area contributed by atoms with Crippen molar-refractivity contribution in [1.82, 2.24) is 0 Å². The average Bonchev–Trinajstić information content (AvgIpc) is 2.63. The van der Waals surface area contributed by atoms with Crippen molar-refractivity contribution in [2.75, 3.05) is 0 Å². The Kier molecular flexibility index (Phi) is 11.0. The zero-order valence-electron chi connectivity index (χ0n) is 14.4. The number of aliphatic imine (C=N–C) groups is 2. The number of primary amides is 1. The monoisotopic (exact) mass is 371 g/mol. The van der Waals surface area contributed by atoms with Crippen LogP contribution >= 0.6 is 11.6 Å². The summed E-state index contributed by atoms with van der Waals surface area (Å²) >= 11 is 5.81. The predicted octanol–water partition coefficient (Wildman–Crippen LogP) is 4.03. The van der Waals surface area contributed by atoms with Crippen molar-refractivity contribution in [1.29, 1.82) is 0 Å². The van der Waals surface area contributed by atoms with Gasteiger partial charge in [-0.1, -0.05) is 23.7 Å². The summed E-state index contributed by atoms with van der Waals surface area (Å²) in [6.45, 7) is 0. The Morgan fingerprint density at radius 1 is 1.08 bits per heavy atom. The van der Waals surface area contributed by atoms with E-state index in [1.807, 2.05) is 12.1 Å². The van der Waals surface area contributed by atoms with E-state index in [-0.39, 0.29) is 0 Å². The van der Waals surface area contributed by atoms with Crippen LogP contribution in [0.15, 0.2) is 70.5 Å². The first kappa shape index (κ1) is 21.3. The number of halogens is 1. The van der Waals surface area contributed by atoms with Gasteiger partial charge in [0.1, 0.15) is 6.29 Å². The molecular weight excluding hydrogens is 350 g/mol. The second-order valence-electron chi connectivity index (χ2n) is 5.26. The van der Waals surface area contributed by atoms with Crippen LogP contribution in [-0.2, 0) is 9.59 Å². The summed E-state index contributed by atoms with van der Waals surface area (Å²) < 4.78 is 0. The van der Waals surface area contributed by atoms with Crippen molar-refractivity contribution in [3.8, 4) is 0 Å². The normalized spacial score (nSPS) is 12.7. The van der Waals surface area contributed by atoms with E-state index in [9.17, 15) is 9.59 Å². The van der Waals surface area contributed by atoms with Crippen LogP contribution in [0.5, 0.6) is 0 Å². The molecule has 0 aliphatic carbocycles. The lowest BCUT2D eigenvalue weighted by Crippen LogP contribution is -2.12. The van der Waals surface area contributed by atoms with Gasteiger partial charge in [0.05, 0.1) is 0 Å². The van der Waals surface area contributed by atoms with Crippen molar-refractivity contribution < 1.29 is 9.59 Å². The van der Waals surface area contributed by atoms with E-state index >= 15 is 0 Å². The Morgan fingerprint density at radius 3 is 2.50 bits per heavy atom. The minimum Gasteiger partial charge on any atom is -0.366 e. The van der Waals surface area contributed by atoms with Crippen molar-refractivity contribution in [3.05, 3.63) is 71.1 Å². The molecule has 0 unspecified atom stereocenters. The number of benzene rings is 1. The molecule has 0 heterocycles. The first-order valence-electron chi connectivity index (χ1n) is 8.20. The summed E-state index contributed by atoms with van der Waals surface area (Å²) in [7, 11) is 0. The lowest BCUT2D eigenvalue weighted by molar-refractivity contribution is -0.114. The van der Waals surface area contributed by atoms with Gasteiger partial charge in [-0.2, -0.15) is 0 Å². The van der Waals surface area contributed by atoms with Crippen LogP contribution in [-0.4, -0.2) is 24.6 Å². The van der Waals surface area contributed by atoms with E-state index in [4.69, 9.17) is 17.3 Å². The van der Waals surface area contributed by atoms with Gasteiger partial charge in [0.15, 0.2) is 0 Å². The molecule has 2 N–H and O–H groups in total. The molecule has 26 heavy (non-hydrogen) atoms. The number of nitrogens with zero attached hydrogens (tertiary/aromatic N) is 2. The minimum atomic E-state index is -0.547. The van der Waals surface area contributed by atoms with Crippen molar-refractivity contribution in [2.45, 2.75) is 25.7 Å². The molecule has 0 fully saturated rings. The van der Waals surface area contributed by atoms with Crippen LogP contribution in [0.1, 0.15) is 31.2 Å². The third-order valence-electron chi connectivity index (χ3n) is 3.18. The highest BCUT2D eigenvalue weighted by Crippen LogP contribution is 2.07. The van der Waals surface area contributed by atoms with E-state index in [1.54, 1.807) is 42.9 Å². The van der Waals surface area contributed by atoms with Gasteiger partial charge < -0.3 is 10.5 Å². The standard InChI is InChI=1S/C20H22ClN3O2/c21-19-9-7-17(8-10-19)16-24-13-5-6-18(20(22)26)11-14-23-12-3-1-2-4-15-25/h5-16H,1-4H2,(H2,22,26)/b13-5+,14-11+,18-6+,23-12?,24-16?. The maximum absolute atomic E-state index is 11.4. The summed E-state index contributed by atoms with van der Waals surface area (Å²) in [6, 6.07) is 7.27. The second kappa shape index (κ2) is 13.5. The number of hydrogen-bond acceptors (Lipinski definition) is 4. The molecule has 0 saturated heterocycles. The molecule has 136 valence electrons. The topological polar surface area (TPSA) is 84.9 Å². The molecule has 0 aromatic heterocycles. The van der Waals surface area contributed by atoms with Crippen LogP contribution in [0.2, 0.25) is 5.02 Å². The zero-order chi connectivity index (χ0) is 19.0. The van der Waals surface area contributed by atoms with E-state index in [0.29, 0.717) is 17.0 Å². The van der Waals surface area contributed by atoms with Gasteiger partial charge in [0, 0.05) is 41.8 Å². The van der Waals surface area contributed by atoms with E-state index in [0.717, 1.165) is 31.1 Å². The molecule has 1 amide bonds. The third-order valence-corrected chi connectivity index (χ3v) is 3.43. The largest absolute Gasteiger partial charge is 0.366 e. The summed E-state index contributed by atoms with van der Waals surface area (Å²) in [6.07, 6.45) is 15.3. The summed E-state index contributed by atoms with van der Waals surface area (Å²) in [5.41, 5.74) is 6.56. The number of hydrogen-bond donors (Lipinski definition) is 1. The van der Waals surface area contributed by atoms with Crippen LogP contribution in [0.25, 0.3) is 0 Å². The van der Waals surface area contributed by atoms with Gasteiger partial charge in [-0.05, 0) is 55.2 Å². The molecule has 0 aliphatic heterocycles. The van der Waals surface area contributed by atoms with Crippen molar-refractivity contribution in [3.63, 3.8) is 0 Å². The van der Waals surface area contributed by atoms with Gasteiger partial charge in [-0.25, -0.2) is 0 Å². The average molecular weight is 372 g/mol. The quantitative estimate of drug-likeness (QED) is 0.209. The molecule has 0 atom stereocenters. The molecule has 5 nitrogen and oxygen atoms in total. The van der Waals surface area contributed by atoms with Gasteiger partial charge in [-0.15, -0.1) is 0 Å². The number of rotatable bonds is 11. The first-order chi connectivity index (χ1) is 12.6. The SMILES string of the molecule is NC(=O)C(/C=C/N=CCCCCC=O)=C/C=C/N=Cc1ccc(Cl)cc1. The highest BCUT2D eigenvalue weighted by atomic mass is 35.5. The molecule has 0 spiro atoms. The van der Waals surface area contributed by atoms with E-state index < -0.39 is 5.91 Å². The lowest BCUT2D eigenvalue weighted by atomic mass is 10.2. The van der Waals surface area contributed by atoms with Gasteiger partial charge in [-0.3, -0.25) is 14.8 Å². The fraction of sp³-hybridized carbons (Fsp3) is 0.200. The summed E-state index contributed by atoms with van der Waals surface area (Å²) in [5.74, 6) is -0.547. The minimum absolute atomic E-state index is 0.320. The Bertz CT molecular complexity index is 717. The Hall–Kier alpha value is -2.79. The third kappa shape index (κ3) is 10.2. The fourth-order valence-electron chi connectivity index (χ4n) is 1.82. The lowest BCUT2D eigenvalue weighted by Gasteiger charge is -1.93.